The fourth-order valence-electron chi connectivity index (χ4n) is 0.559. The molecule has 44 valence electrons. The van der Waals surface area contributed by atoms with Crippen molar-refractivity contribution in [2.45, 2.75) is 0 Å². The van der Waals surface area contributed by atoms with Crippen LogP contribution in [0.2, 0.25) is 0 Å². The van der Waals surface area contributed by atoms with E-state index in [1.165, 1.54) is 4.48 Å². The molecule has 0 bridgehead atoms. The van der Waals surface area contributed by atoms with Crippen molar-refractivity contribution in [3.8, 4) is 0 Å². The number of halogens is 1. The van der Waals surface area contributed by atoms with E-state index < -0.39 is 0 Å². The number of hydrogen-bond acceptors (Lipinski definition) is 1. The molecule has 1 aliphatic heterocycles. The Bertz CT molecular complexity index is 137. The Hall–Kier alpha value is -0.240. The van der Waals surface area contributed by atoms with Crippen molar-refractivity contribution in [2.24, 2.45) is 0 Å². The summed E-state index contributed by atoms with van der Waals surface area (Å²) in [6, 6.07) is 0. The van der Waals surface area contributed by atoms with Gasteiger partial charge in [0, 0.05) is 24.3 Å². The fourth-order valence-corrected chi connectivity index (χ4v) is 0.822. The summed E-state index contributed by atoms with van der Waals surface area (Å²) in [4.78, 5) is 2.12. The summed E-state index contributed by atoms with van der Waals surface area (Å²) in [5.74, 6) is 0. The standard InChI is InChI=1S/C6H8BrN/c1-8-4-2-6(7)3-5-8/h2-4H,5H2,1H3. The van der Waals surface area contributed by atoms with Crippen molar-refractivity contribution in [2.75, 3.05) is 13.6 Å². The first-order chi connectivity index (χ1) is 3.79. The molecule has 1 heterocycles. The van der Waals surface area contributed by atoms with Gasteiger partial charge in [0.2, 0.25) is 0 Å². The molecule has 0 aromatic carbocycles. The zero-order valence-corrected chi connectivity index (χ0v) is 6.35. The Morgan fingerprint density at radius 2 is 2.50 bits per heavy atom. The second kappa shape index (κ2) is 2.35. The molecule has 0 atom stereocenters. The lowest BCUT2D eigenvalue weighted by molar-refractivity contribution is 0.504. The van der Waals surface area contributed by atoms with Crippen molar-refractivity contribution in [1.82, 2.24) is 4.90 Å². The molecule has 1 nitrogen and oxygen atoms in total. The normalized spacial score (nSPS) is 18.8. The van der Waals surface area contributed by atoms with Gasteiger partial charge in [0.05, 0.1) is 0 Å². The van der Waals surface area contributed by atoms with Gasteiger partial charge in [-0.25, -0.2) is 0 Å². The second-order valence-corrected chi connectivity index (χ2v) is 2.76. The summed E-state index contributed by atoms with van der Waals surface area (Å²) in [5, 5.41) is 0. The van der Waals surface area contributed by atoms with Gasteiger partial charge in [-0.15, -0.1) is 0 Å². The molecule has 1 aliphatic rings. The molecular formula is C6H8BrN. The van der Waals surface area contributed by atoms with Crippen LogP contribution in [0.3, 0.4) is 0 Å². The molecule has 0 aromatic rings. The topological polar surface area (TPSA) is 3.24 Å². The van der Waals surface area contributed by atoms with E-state index in [-0.39, 0.29) is 0 Å². The maximum atomic E-state index is 3.36. The highest BCUT2D eigenvalue weighted by Crippen LogP contribution is 2.10. The van der Waals surface area contributed by atoms with Crippen LogP contribution in [-0.2, 0) is 0 Å². The molecule has 0 N–H and O–H groups in total. The van der Waals surface area contributed by atoms with Gasteiger partial charge < -0.3 is 4.90 Å². The maximum Gasteiger partial charge on any atom is 0.0364 e. The van der Waals surface area contributed by atoms with Gasteiger partial charge in [-0.1, -0.05) is 22.0 Å². The first kappa shape index (κ1) is 5.89. The number of allylic oxidation sites excluding steroid dienone is 2. The molecule has 0 amide bonds. The predicted octanol–water partition coefficient (Wildman–Crippen LogP) is 1.72. The highest BCUT2D eigenvalue weighted by molar-refractivity contribution is 9.11. The Labute approximate surface area is 57.8 Å². The monoisotopic (exact) mass is 173 g/mol. The third kappa shape index (κ3) is 1.37. The minimum absolute atomic E-state index is 1.01. The average molecular weight is 174 g/mol. The summed E-state index contributed by atoms with van der Waals surface area (Å²) in [7, 11) is 2.05. The second-order valence-electron chi connectivity index (χ2n) is 1.84. The smallest absolute Gasteiger partial charge is 0.0364 e. The minimum Gasteiger partial charge on any atom is -0.377 e. The van der Waals surface area contributed by atoms with Crippen LogP contribution in [0.5, 0.6) is 0 Å². The molecule has 0 radical (unpaired) electrons. The Morgan fingerprint density at radius 1 is 1.75 bits per heavy atom. The van der Waals surface area contributed by atoms with Crippen LogP contribution in [0.25, 0.3) is 0 Å². The zero-order valence-electron chi connectivity index (χ0n) is 4.76. The molecule has 0 aliphatic carbocycles. The van der Waals surface area contributed by atoms with Gasteiger partial charge in [-0.2, -0.15) is 0 Å². The van der Waals surface area contributed by atoms with E-state index in [0.29, 0.717) is 0 Å². The first-order valence-corrected chi connectivity index (χ1v) is 3.32. The van der Waals surface area contributed by atoms with E-state index >= 15 is 0 Å². The lowest BCUT2D eigenvalue weighted by Gasteiger charge is -2.13. The first-order valence-electron chi connectivity index (χ1n) is 2.53. The Morgan fingerprint density at radius 3 is 2.88 bits per heavy atom. The van der Waals surface area contributed by atoms with Crippen molar-refractivity contribution in [1.29, 1.82) is 0 Å². The predicted molar refractivity (Wildman–Crippen MR) is 38.8 cm³/mol. The lowest BCUT2D eigenvalue weighted by atomic mass is 10.4. The molecule has 0 unspecified atom stereocenters. The SMILES string of the molecule is CN1C=CC(Br)=CC1. The largest absolute Gasteiger partial charge is 0.377 e. The molecule has 0 saturated carbocycles. The summed E-state index contributed by atoms with van der Waals surface area (Å²) in [6.45, 7) is 1.01. The summed E-state index contributed by atoms with van der Waals surface area (Å²) in [5.41, 5.74) is 0. The van der Waals surface area contributed by atoms with Crippen LogP contribution in [0.15, 0.2) is 22.8 Å². The van der Waals surface area contributed by atoms with Crippen molar-refractivity contribution in [3.05, 3.63) is 22.8 Å². The van der Waals surface area contributed by atoms with E-state index in [1.807, 2.05) is 19.3 Å². The van der Waals surface area contributed by atoms with Crippen molar-refractivity contribution >= 4 is 15.9 Å². The number of likely N-dealkylation sites (N-methyl/N-ethyl adjacent to an activating group) is 1. The van der Waals surface area contributed by atoms with E-state index in [2.05, 4.69) is 26.9 Å². The number of rotatable bonds is 0. The highest BCUT2D eigenvalue weighted by Gasteiger charge is 1.93. The van der Waals surface area contributed by atoms with Gasteiger partial charge in [-0.05, 0) is 6.08 Å². The van der Waals surface area contributed by atoms with Crippen molar-refractivity contribution in [3.63, 3.8) is 0 Å². The van der Waals surface area contributed by atoms with E-state index in [0.717, 1.165) is 6.54 Å². The van der Waals surface area contributed by atoms with Crippen LogP contribution < -0.4 is 0 Å². The lowest BCUT2D eigenvalue weighted by Crippen LogP contribution is -2.12. The third-order valence-electron chi connectivity index (χ3n) is 1.06. The molecule has 1 rings (SSSR count). The summed E-state index contributed by atoms with van der Waals surface area (Å²) < 4.78 is 1.18. The van der Waals surface area contributed by atoms with Crippen LogP contribution in [0.4, 0.5) is 0 Å². The quantitative estimate of drug-likeness (QED) is 0.540. The van der Waals surface area contributed by atoms with Crippen LogP contribution in [0, 0.1) is 0 Å². The van der Waals surface area contributed by atoms with Gasteiger partial charge in [0.25, 0.3) is 0 Å². The Kier molecular flexibility index (Phi) is 1.73. The molecule has 8 heavy (non-hydrogen) atoms. The molecule has 0 spiro atoms. The summed E-state index contributed by atoms with van der Waals surface area (Å²) in [6.07, 6.45) is 6.20. The van der Waals surface area contributed by atoms with Crippen LogP contribution in [0.1, 0.15) is 0 Å². The van der Waals surface area contributed by atoms with Gasteiger partial charge in [0.1, 0.15) is 0 Å². The van der Waals surface area contributed by atoms with Gasteiger partial charge in [-0.3, -0.25) is 0 Å². The maximum absolute atomic E-state index is 3.36. The average Bonchev–Trinajstić information content (AvgIpc) is 1.77. The molecule has 0 aromatic heterocycles. The van der Waals surface area contributed by atoms with Crippen LogP contribution in [-0.4, -0.2) is 18.5 Å². The minimum atomic E-state index is 1.01. The highest BCUT2D eigenvalue weighted by atomic mass is 79.9. The van der Waals surface area contributed by atoms with Gasteiger partial charge >= 0.3 is 0 Å². The number of nitrogens with zero attached hydrogens (tertiary/aromatic N) is 1. The molecule has 0 fully saturated rings. The molecule has 2 heteroatoms. The third-order valence-corrected chi connectivity index (χ3v) is 1.65. The summed E-state index contributed by atoms with van der Waals surface area (Å²) >= 11 is 3.36. The van der Waals surface area contributed by atoms with E-state index in [4.69, 9.17) is 0 Å². The Balaban J connectivity index is 2.58. The zero-order chi connectivity index (χ0) is 5.98. The van der Waals surface area contributed by atoms with Gasteiger partial charge in [0.15, 0.2) is 0 Å². The van der Waals surface area contributed by atoms with Crippen molar-refractivity contribution < 1.29 is 0 Å². The molecule has 0 saturated heterocycles. The van der Waals surface area contributed by atoms with Crippen LogP contribution >= 0.6 is 15.9 Å². The molecular weight excluding hydrogens is 166 g/mol. The van der Waals surface area contributed by atoms with E-state index in [1.54, 1.807) is 0 Å². The fraction of sp³-hybridized carbons (Fsp3) is 0.333. The number of hydrogen-bond donors (Lipinski definition) is 0. The van der Waals surface area contributed by atoms with E-state index in [9.17, 15) is 0 Å².